The van der Waals surface area contributed by atoms with Gasteiger partial charge in [-0.3, -0.25) is 0 Å². The van der Waals surface area contributed by atoms with Crippen molar-refractivity contribution in [1.82, 2.24) is 18.3 Å². The Labute approximate surface area is 368 Å². The lowest BCUT2D eigenvalue weighted by molar-refractivity contribution is 1.15. The molecule has 14 rings (SSSR count). The first-order valence-corrected chi connectivity index (χ1v) is 22.0. The first-order chi connectivity index (χ1) is 31.8. The van der Waals surface area contributed by atoms with E-state index in [-0.39, 0.29) is 0 Å². The maximum atomic E-state index is 2.47. The highest BCUT2D eigenvalue weighted by Crippen LogP contribution is 2.43. The fourth-order valence-electron chi connectivity index (χ4n) is 10.9. The van der Waals surface area contributed by atoms with E-state index in [1.807, 2.05) is 0 Å². The molecule has 298 valence electrons. The lowest BCUT2D eigenvalue weighted by atomic mass is 10.0. The molecule has 14 aromatic rings. The summed E-state index contributed by atoms with van der Waals surface area (Å²) in [6.45, 7) is 0. The molecule has 64 heavy (non-hydrogen) atoms. The molecule has 0 aliphatic carbocycles. The van der Waals surface area contributed by atoms with Crippen LogP contribution in [0, 0.1) is 0 Å². The van der Waals surface area contributed by atoms with Gasteiger partial charge in [0.1, 0.15) is 0 Å². The van der Waals surface area contributed by atoms with Crippen molar-refractivity contribution in [3.05, 3.63) is 231 Å². The molecule has 0 amide bonds. The fourth-order valence-corrected chi connectivity index (χ4v) is 10.9. The Kier molecular flexibility index (Phi) is 7.36. The molecule has 0 radical (unpaired) electrons. The van der Waals surface area contributed by atoms with Crippen molar-refractivity contribution in [3.63, 3.8) is 0 Å². The van der Waals surface area contributed by atoms with Crippen LogP contribution in [-0.2, 0) is 0 Å². The summed E-state index contributed by atoms with van der Waals surface area (Å²) in [5.74, 6) is 0. The van der Waals surface area contributed by atoms with Crippen LogP contribution in [-0.4, -0.2) is 18.3 Å². The summed E-state index contributed by atoms with van der Waals surface area (Å²) >= 11 is 0. The topological polar surface area (TPSA) is 19.7 Å². The Hall–Kier alpha value is -8.60. The smallest absolute Gasteiger partial charge is 0.0548 e. The van der Waals surface area contributed by atoms with Crippen LogP contribution < -0.4 is 0 Å². The molecule has 10 aromatic carbocycles. The summed E-state index contributed by atoms with van der Waals surface area (Å²) in [7, 11) is 0. The van der Waals surface area contributed by atoms with Gasteiger partial charge in [0, 0.05) is 65.6 Å². The molecule has 4 aromatic heterocycles. The molecule has 0 spiro atoms. The van der Waals surface area contributed by atoms with Crippen molar-refractivity contribution < 1.29 is 0 Å². The average Bonchev–Trinajstić information content (AvgIpc) is 4.08. The van der Waals surface area contributed by atoms with Gasteiger partial charge in [0.2, 0.25) is 0 Å². The van der Waals surface area contributed by atoms with Gasteiger partial charge >= 0.3 is 0 Å². The number of hydrogen-bond donors (Lipinski definition) is 0. The van der Waals surface area contributed by atoms with E-state index >= 15 is 0 Å². The maximum Gasteiger partial charge on any atom is 0.0548 e. The molecule has 4 heteroatoms. The number of fused-ring (bicyclic) bond motifs is 12. The fraction of sp³-hybridized carbons (Fsp3) is 0. The van der Waals surface area contributed by atoms with Gasteiger partial charge in [0.15, 0.2) is 0 Å². The van der Waals surface area contributed by atoms with E-state index < -0.39 is 0 Å². The van der Waals surface area contributed by atoms with Crippen LogP contribution in [0.25, 0.3) is 121 Å². The summed E-state index contributed by atoms with van der Waals surface area (Å²) in [5.41, 5.74) is 16.5. The molecule has 0 bridgehead atoms. The number of hydrogen-bond acceptors (Lipinski definition) is 0. The van der Waals surface area contributed by atoms with Crippen LogP contribution >= 0.6 is 0 Å². The van der Waals surface area contributed by atoms with E-state index in [9.17, 15) is 0 Å². The molecule has 4 nitrogen and oxygen atoms in total. The summed E-state index contributed by atoms with van der Waals surface area (Å²) < 4.78 is 9.80. The number of benzene rings is 10. The molecule has 0 atom stereocenters. The van der Waals surface area contributed by atoms with Crippen LogP contribution in [0.3, 0.4) is 0 Å². The standard InChI is InChI=1S/C60H38N4/c1-2-18-39(19-3-1)61-51-27-11-8-25-46(51)49-38-60-50(37-59(49)61)47-26-9-12-28-52(47)62(60)40-34-35-58-48(36-40)45-24-10-17-33-57(45)64(58)56-32-16-7-23-44(56)43-22-6-15-31-55(43)63-53-29-13-4-20-41(53)42-21-5-14-30-54(42)63/h1-38H. The Morgan fingerprint density at radius 1 is 0.188 bits per heavy atom. The molecule has 0 N–H and O–H groups in total. The number of aromatic nitrogens is 4. The van der Waals surface area contributed by atoms with Crippen molar-refractivity contribution in [3.8, 4) is 33.9 Å². The zero-order chi connectivity index (χ0) is 41.9. The van der Waals surface area contributed by atoms with Crippen LogP contribution in [0.4, 0.5) is 0 Å². The molecule has 0 aliphatic rings. The Morgan fingerprint density at radius 3 is 0.984 bits per heavy atom. The van der Waals surface area contributed by atoms with Crippen molar-refractivity contribution in [2.75, 3.05) is 0 Å². The zero-order valence-electron chi connectivity index (χ0n) is 34.7. The third-order valence-electron chi connectivity index (χ3n) is 13.6. The minimum absolute atomic E-state index is 1.14. The Balaban J connectivity index is 1.00. The normalized spacial score (nSPS) is 12.1. The van der Waals surface area contributed by atoms with Crippen LogP contribution in [0.2, 0.25) is 0 Å². The van der Waals surface area contributed by atoms with E-state index in [0.29, 0.717) is 0 Å². The molecule has 0 saturated carbocycles. The zero-order valence-corrected chi connectivity index (χ0v) is 34.7. The monoisotopic (exact) mass is 814 g/mol. The molecule has 0 fully saturated rings. The van der Waals surface area contributed by atoms with Crippen LogP contribution in [0.15, 0.2) is 231 Å². The second kappa shape index (κ2) is 13.4. The van der Waals surface area contributed by atoms with E-state index in [2.05, 4.69) is 249 Å². The van der Waals surface area contributed by atoms with E-state index in [1.54, 1.807) is 0 Å². The van der Waals surface area contributed by atoms with E-state index in [0.717, 1.165) is 22.7 Å². The summed E-state index contributed by atoms with van der Waals surface area (Å²) in [6, 6.07) is 84.5. The second-order valence-electron chi connectivity index (χ2n) is 16.9. The van der Waals surface area contributed by atoms with Crippen molar-refractivity contribution in [2.45, 2.75) is 0 Å². The SMILES string of the molecule is c1ccc(-n2c3ccccc3c3cc4c(cc32)c2ccccc2n4-c2ccc3c(c2)c2ccccc2n3-c2ccccc2-c2ccccc2-n2c3ccccc3c3ccccc32)cc1. The number of para-hydroxylation sites is 8. The molecule has 4 heterocycles. The van der Waals surface area contributed by atoms with Gasteiger partial charge in [0.05, 0.1) is 55.5 Å². The van der Waals surface area contributed by atoms with Gasteiger partial charge in [-0.1, -0.05) is 146 Å². The first kappa shape index (κ1) is 35.0. The van der Waals surface area contributed by atoms with Crippen LogP contribution in [0.1, 0.15) is 0 Å². The first-order valence-electron chi connectivity index (χ1n) is 22.0. The highest BCUT2D eigenvalue weighted by Gasteiger charge is 2.22. The predicted octanol–water partition coefficient (Wildman–Crippen LogP) is 15.7. The average molecular weight is 815 g/mol. The minimum Gasteiger partial charge on any atom is -0.309 e. The molecular formula is C60H38N4. The van der Waals surface area contributed by atoms with Gasteiger partial charge in [-0.2, -0.15) is 0 Å². The van der Waals surface area contributed by atoms with Crippen molar-refractivity contribution in [1.29, 1.82) is 0 Å². The van der Waals surface area contributed by atoms with Gasteiger partial charge in [-0.05, 0) is 84.9 Å². The van der Waals surface area contributed by atoms with Crippen molar-refractivity contribution >= 4 is 87.2 Å². The maximum absolute atomic E-state index is 2.47. The lowest BCUT2D eigenvalue weighted by Crippen LogP contribution is -2.01. The van der Waals surface area contributed by atoms with Crippen LogP contribution in [0.5, 0.6) is 0 Å². The second-order valence-corrected chi connectivity index (χ2v) is 16.9. The lowest BCUT2D eigenvalue weighted by Gasteiger charge is -2.18. The summed E-state index contributed by atoms with van der Waals surface area (Å²) in [4.78, 5) is 0. The predicted molar refractivity (Wildman–Crippen MR) is 269 cm³/mol. The highest BCUT2D eigenvalue weighted by molar-refractivity contribution is 6.19. The summed E-state index contributed by atoms with van der Waals surface area (Å²) in [6.07, 6.45) is 0. The van der Waals surface area contributed by atoms with Gasteiger partial charge in [0.25, 0.3) is 0 Å². The van der Waals surface area contributed by atoms with E-state index in [4.69, 9.17) is 0 Å². The molecular weight excluding hydrogens is 777 g/mol. The third-order valence-corrected chi connectivity index (χ3v) is 13.6. The third kappa shape index (κ3) is 4.88. The largest absolute Gasteiger partial charge is 0.309 e. The van der Waals surface area contributed by atoms with E-state index in [1.165, 1.54) is 98.4 Å². The van der Waals surface area contributed by atoms with Gasteiger partial charge in [-0.15, -0.1) is 0 Å². The Bertz CT molecular complexity index is 4140. The molecule has 0 aliphatic heterocycles. The summed E-state index contributed by atoms with van der Waals surface area (Å²) in [5, 5.41) is 9.91. The van der Waals surface area contributed by atoms with Gasteiger partial charge < -0.3 is 18.3 Å². The highest BCUT2D eigenvalue weighted by atomic mass is 15.0. The molecule has 0 unspecified atom stereocenters. The Morgan fingerprint density at radius 2 is 0.516 bits per heavy atom. The number of nitrogens with zero attached hydrogens (tertiary/aromatic N) is 4. The van der Waals surface area contributed by atoms with Gasteiger partial charge in [-0.25, -0.2) is 0 Å². The quantitative estimate of drug-likeness (QED) is 0.165. The van der Waals surface area contributed by atoms with Crippen molar-refractivity contribution in [2.24, 2.45) is 0 Å². The number of rotatable bonds is 5. The molecule has 0 saturated heterocycles. The minimum atomic E-state index is 1.14.